The maximum atomic E-state index is 12.0. The summed E-state index contributed by atoms with van der Waals surface area (Å²) in [5, 5.41) is 3.17. The lowest BCUT2D eigenvalue weighted by Gasteiger charge is -2.43. The van der Waals surface area contributed by atoms with Crippen LogP contribution in [0.15, 0.2) is 0 Å². The average molecular weight is 239 g/mol. The van der Waals surface area contributed by atoms with Crippen molar-refractivity contribution in [3.63, 3.8) is 0 Å². The van der Waals surface area contributed by atoms with E-state index in [1.54, 1.807) is 0 Å². The fourth-order valence-electron chi connectivity index (χ4n) is 2.98. The summed E-state index contributed by atoms with van der Waals surface area (Å²) in [7, 11) is 0. The highest BCUT2D eigenvalue weighted by Crippen LogP contribution is 2.33. The summed E-state index contributed by atoms with van der Waals surface area (Å²) < 4.78 is 5.97. The summed E-state index contributed by atoms with van der Waals surface area (Å²) in [4.78, 5) is 12.0. The Balaban J connectivity index is 2.00. The average Bonchev–Trinajstić information content (AvgIpc) is 2.26. The molecule has 0 aromatic rings. The summed E-state index contributed by atoms with van der Waals surface area (Å²) in [5.41, 5.74) is 0. The van der Waals surface area contributed by atoms with Gasteiger partial charge in [0.2, 0.25) is 5.91 Å². The Bertz CT molecular complexity index is 288. The Labute approximate surface area is 104 Å². The van der Waals surface area contributed by atoms with Crippen LogP contribution in [-0.2, 0) is 9.53 Å². The van der Waals surface area contributed by atoms with E-state index in [1.807, 2.05) is 0 Å². The van der Waals surface area contributed by atoms with E-state index in [0.29, 0.717) is 17.8 Å². The van der Waals surface area contributed by atoms with Crippen molar-refractivity contribution in [3.05, 3.63) is 0 Å². The van der Waals surface area contributed by atoms with Gasteiger partial charge < -0.3 is 10.1 Å². The van der Waals surface area contributed by atoms with Crippen molar-refractivity contribution in [2.24, 2.45) is 23.7 Å². The number of amides is 1. The van der Waals surface area contributed by atoms with Crippen molar-refractivity contribution in [3.8, 4) is 0 Å². The lowest BCUT2D eigenvalue weighted by Crippen LogP contribution is -2.57. The minimum Gasteiger partial charge on any atom is -0.376 e. The van der Waals surface area contributed by atoms with Crippen LogP contribution in [0, 0.1) is 23.7 Å². The van der Waals surface area contributed by atoms with Gasteiger partial charge in [-0.15, -0.1) is 0 Å². The summed E-state index contributed by atoms with van der Waals surface area (Å²) in [6.07, 6.45) is 2.23. The van der Waals surface area contributed by atoms with Gasteiger partial charge in [0.1, 0.15) is 0 Å². The molecule has 0 aliphatic carbocycles. The Kier molecular flexibility index (Phi) is 3.76. The molecular formula is C14H25NO2. The van der Waals surface area contributed by atoms with Crippen LogP contribution < -0.4 is 5.32 Å². The van der Waals surface area contributed by atoms with Crippen molar-refractivity contribution in [2.45, 2.75) is 52.7 Å². The largest absolute Gasteiger partial charge is 0.376 e. The van der Waals surface area contributed by atoms with Crippen LogP contribution in [0.3, 0.4) is 0 Å². The van der Waals surface area contributed by atoms with E-state index in [0.717, 1.165) is 19.4 Å². The molecule has 4 unspecified atom stereocenters. The van der Waals surface area contributed by atoms with Crippen molar-refractivity contribution in [2.75, 3.05) is 6.61 Å². The Hall–Kier alpha value is -0.570. The third kappa shape index (κ3) is 2.65. The molecule has 2 heterocycles. The molecule has 0 spiro atoms. The van der Waals surface area contributed by atoms with Crippen molar-refractivity contribution < 1.29 is 9.53 Å². The van der Waals surface area contributed by atoms with Crippen molar-refractivity contribution in [1.29, 1.82) is 0 Å². The maximum Gasteiger partial charge on any atom is 0.223 e. The van der Waals surface area contributed by atoms with Gasteiger partial charge in [0.05, 0.1) is 18.8 Å². The zero-order valence-corrected chi connectivity index (χ0v) is 11.4. The molecule has 0 bridgehead atoms. The molecule has 98 valence electrons. The second-order valence-electron chi connectivity index (χ2n) is 6.31. The van der Waals surface area contributed by atoms with E-state index in [9.17, 15) is 4.79 Å². The first-order valence-corrected chi connectivity index (χ1v) is 6.91. The number of ether oxygens (including phenoxy) is 1. The molecule has 17 heavy (non-hydrogen) atoms. The number of fused-ring (bicyclic) bond motifs is 1. The van der Waals surface area contributed by atoms with Crippen LogP contribution in [-0.4, -0.2) is 24.7 Å². The lowest BCUT2D eigenvalue weighted by molar-refractivity contribution is -0.141. The van der Waals surface area contributed by atoms with Gasteiger partial charge in [-0.25, -0.2) is 0 Å². The van der Waals surface area contributed by atoms with Crippen LogP contribution in [0.25, 0.3) is 0 Å². The van der Waals surface area contributed by atoms with Gasteiger partial charge in [-0.2, -0.15) is 0 Å². The minimum atomic E-state index is 0.131. The predicted molar refractivity (Wildman–Crippen MR) is 67.6 cm³/mol. The summed E-state index contributed by atoms with van der Waals surface area (Å²) >= 11 is 0. The molecule has 2 aliphatic rings. The smallest absolute Gasteiger partial charge is 0.223 e. The standard InChI is InChI=1S/C14H25NO2/c1-8(2)10-5-12-13(17-7-10)6-11(9(3)4)14(16)15-12/h8-13H,5-7H2,1-4H3,(H,15,16). The number of hydrogen-bond acceptors (Lipinski definition) is 2. The zero-order valence-electron chi connectivity index (χ0n) is 11.4. The van der Waals surface area contributed by atoms with Crippen molar-refractivity contribution in [1.82, 2.24) is 5.32 Å². The number of piperidine rings is 1. The molecule has 1 amide bonds. The summed E-state index contributed by atoms with van der Waals surface area (Å²) in [6, 6.07) is 0.249. The molecular weight excluding hydrogens is 214 g/mol. The maximum absolute atomic E-state index is 12.0. The molecule has 1 N–H and O–H groups in total. The normalized spacial score (nSPS) is 38.1. The molecule has 0 aromatic carbocycles. The van der Waals surface area contributed by atoms with Gasteiger partial charge >= 0.3 is 0 Å². The summed E-state index contributed by atoms with van der Waals surface area (Å²) in [6.45, 7) is 9.56. The molecule has 4 atom stereocenters. The molecule has 2 saturated heterocycles. The van der Waals surface area contributed by atoms with E-state index >= 15 is 0 Å². The van der Waals surface area contributed by atoms with Gasteiger partial charge in [-0.05, 0) is 30.6 Å². The molecule has 2 fully saturated rings. The SMILES string of the molecule is CC(C)C1COC2CC(C(C)C)C(=O)NC2C1. The van der Waals surface area contributed by atoms with E-state index in [4.69, 9.17) is 4.74 Å². The van der Waals surface area contributed by atoms with Gasteiger partial charge in [0.25, 0.3) is 0 Å². The monoisotopic (exact) mass is 239 g/mol. The third-order valence-electron chi connectivity index (χ3n) is 4.43. The summed E-state index contributed by atoms with van der Waals surface area (Å²) in [5.74, 6) is 1.99. The van der Waals surface area contributed by atoms with Crippen LogP contribution in [0.1, 0.15) is 40.5 Å². The Morgan fingerprint density at radius 2 is 1.88 bits per heavy atom. The van der Waals surface area contributed by atoms with Crippen LogP contribution in [0.5, 0.6) is 0 Å². The van der Waals surface area contributed by atoms with Gasteiger partial charge in [0.15, 0.2) is 0 Å². The van der Waals surface area contributed by atoms with E-state index in [-0.39, 0.29) is 24.0 Å². The van der Waals surface area contributed by atoms with Gasteiger partial charge in [-0.1, -0.05) is 27.7 Å². The molecule has 0 radical (unpaired) electrons. The Morgan fingerprint density at radius 1 is 1.18 bits per heavy atom. The predicted octanol–water partition coefficient (Wildman–Crippen LogP) is 2.21. The van der Waals surface area contributed by atoms with Crippen LogP contribution >= 0.6 is 0 Å². The van der Waals surface area contributed by atoms with Crippen LogP contribution in [0.4, 0.5) is 0 Å². The fraction of sp³-hybridized carbons (Fsp3) is 0.929. The van der Waals surface area contributed by atoms with E-state index in [1.165, 1.54) is 0 Å². The highest BCUT2D eigenvalue weighted by molar-refractivity contribution is 5.80. The zero-order chi connectivity index (χ0) is 12.6. The van der Waals surface area contributed by atoms with E-state index in [2.05, 4.69) is 33.0 Å². The first-order chi connectivity index (χ1) is 7.99. The van der Waals surface area contributed by atoms with Crippen molar-refractivity contribution >= 4 is 5.91 Å². The molecule has 0 saturated carbocycles. The minimum absolute atomic E-state index is 0.131. The Morgan fingerprint density at radius 3 is 2.47 bits per heavy atom. The number of rotatable bonds is 2. The third-order valence-corrected chi connectivity index (χ3v) is 4.43. The quantitative estimate of drug-likeness (QED) is 0.802. The topological polar surface area (TPSA) is 38.3 Å². The highest BCUT2D eigenvalue weighted by Gasteiger charge is 2.41. The second-order valence-corrected chi connectivity index (χ2v) is 6.31. The molecule has 3 nitrogen and oxygen atoms in total. The molecule has 2 rings (SSSR count). The first-order valence-electron chi connectivity index (χ1n) is 6.91. The lowest BCUT2D eigenvalue weighted by atomic mass is 9.78. The fourth-order valence-corrected chi connectivity index (χ4v) is 2.98. The van der Waals surface area contributed by atoms with Crippen LogP contribution in [0.2, 0.25) is 0 Å². The number of carbonyl (C=O) groups is 1. The second kappa shape index (κ2) is 4.97. The number of carbonyl (C=O) groups excluding carboxylic acids is 1. The van der Waals surface area contributed by atoms with E-state index < -0.39 is 0 Å². The highest BCUT2D eigenvalue weighted by atomic mass is 16.5. The molecule has 0 aromatic heterocycles. The first kappa shape index (κ1) is 12.9. The van der Waals surface area contributed by atoms with Gasteiger partial charge in [-0.3, -0.25) is 4.79 Å². The van der Waals surface area contributed by atoms with Gasteiger partial charge in [0, 0.05) is 5.92 Å². The molecule has 3 heteroatoms. The molecule has 2 aliphatic heterocycles. The number of hydrogen-bond donors (Lipinski definition) is 1. The number of nitrogens with one attached hydrogen (secondary N) is 1.